The van der Waals surface area contributed by atoms with Crippen LogP contribution in [0.5, 0.6) is 0 Å². The number of azide groups is 1. The molecule has 1 aromatic carbocycles. The Morgan fingerprint density at radius 2 is 2.29 bits per heavy atom. The highest BCUT2D eigenvalue weighted by Crippen LogP contribution is 2.15. The van der Waals surface area contributed by atoms with Gasteiger partial charge < -0.3 is 0 Å². The van der Waals surface area contributed by atoms with Gasteiger partial charge in [-0.05, 0) is 24.1 Å². The van der Waals surface area contributed by atoms with Crippen LogP contribution in [0.4, 0.5) is 5.69 Å². The van der Waals surface area contributed by atoms with Gasteiger partial charge in [-0.15, -0.1) is 0 Å². The summed E-state index contributed by atoms with van der Waals surface area (Å²) < 4.78 is 0. The maximum atomic E-state index is 10.6. The summed E-state index contributed by atoms with van der Waals surface area (Å²) in [5.74, 6) is 5.59. The van der Waals surface area contributed by atoms with E-state index in [1.807, 2.05) is 0 Å². The van der Waals surface area contributed by atoms with Gasteiger partial charge in [0, 0.05) is 35.6 Å². The van der Waals surface area contributed by atoms with Gasteiger partial charge in [0.2, 0.25) is 0 Å². The average Bonchev–Trinajstić information content (AvgIpc) is 2.28. The van der Waals surface area contributed by atoms with Crippen LogP contribution in [0.1, 0.15) is 17.5 Å². The van der Waals surface area contributed by atoms with Gasteiger partial charge in [0.05, 0.1) is 4.92 Å². The van der Waals surface area contributed by atoms with Crippen molar-refractivity contribution in [2.75, 3.05) is 6.54 Å². The molecule has 0 heterocycles. The Morgan fingerprint density at radius 3 is 2.94 bits per heavy atom. The second-order valence-corrected chi connectivity index (χ2v) is 3.32. The number of nitro benzene ring substituents is 1. The largest absolute Gasteiger partial charge is 0.270 e. The lowest BCUT2D eigenvalue weighted by Crippen LogP contribution is -1.90. The van der Waals surface area contributed by atoms with E-state index in [0.29, 0.717) is 18.5 Å². The number of nitro groups is 1. The first-order valence-electron chi connectivity index (χ1n) is 4.89. The number of hydrogen-bond acceptors (Lipinski definition) is 3. The highest BCUT2D eigenvalue weighted by Gasteiger charge is 2.06. The molecule has 0 aromatic heterocycles. The Labute approximate surface area is 98.0 Å². The number of hydrogen-bond donors (Lipinski definition) is 0. The van der Waals surface area contributed by atoms with Crippen LogP contribution in [0.15, 0.2) is 23.3 Å². The van der Waals surface area contributed by atoms with E-state index < -0.39 is 4.92 Å². The Morgan fingerprint density at radius 1 is 1.53 bits per heavy atom. The molecule has 0 N–H and O–H groups in total. The van der Waals surface area contributed by atoms with Gasteiger partial charge in [-0.2, -0.15) is 0 Å². The third kappa shape index (κ3) is 4.24. The molecular weight excluding hydrogens is 220 g/mol. The van der Waals surface area contributed by atoms with Gasteiger partial charge in [0.1, 0.15) is 0 Å². The third-order valence-corrected chi connectivity index (χ3v) is 1.91. The Balaban J connectivity index is 2.83. The molecule has 6 nitrogen and oxygen atoms in total. The SMILES string of the molecule is Cc1cc(C#CCCN=[N+]=[N-])cc([N+](=O)[O-])c1. The summed E-state index contributed by atoms with van der Waals surface area (Å²) in [6.07, 6.45) is 0.436. The average molecular weight is 230 g/mol. The summed E-state index contributed by atoms with van der Waals surface area (Å²) >= 11 is 0. The summed E-state index contributed by atoms with van der Waals surface area (Å²) in [6.45, 7) is 2.08. The third-order valence-electron chi connectivity index (χ3n) is 1.91. The first-order chi connectivity index (χ1) is 8.13. The fraction of sp³-hybridized carbons (Fsp3) is 0.273. The van der Waals surface area contributed by atoms with E-state index in [0.717, 1.165) is 5.56 Å². The fourth-order valence-electron chi connectivity index (χ4n) is 1.26. The van der Waals surface area contributed by atoms with Gasteiger partial charge in [-0.25, -0.2) is 0 Å². The lowest BCUT2D eigenvalue weighted by molar-refractivity contribution is -0.384. The monoisotopic (exact) mass is 230 g/mol. The summed E-state index contributed by atoms with van der Waals surface area (Å²) in [5, 5.41) is 14.0. The lowest BCUT2D eigenvalue weighted by atomic mass is 10.1. The summed E-state index contributed by atoms with van der Waals surface area (Å²) in [4.78, 5) is 12.8. The van der Waals surface area contributed by atoms with Gasteiger partial charge in [-0.3, -0.25) is 10.1 Å². The van der Waals surface area contributed by atoms with Crippen LogP contribution in [-0.4, -0.2) is 11.5 Å². The van der Waals surface area contributed by atoms with Crippen LogP contribution in [0.3, 0.4) is 0 Å². The quantitative estimate of drug-likeness (QED) is 0.152. The van der Waals surface area contributed by atoms with E-state index in [9.17, 15) is 10.1 Å². The second-order valence-electron chi connectivity index (χ2n) is 3.32. The summed E-state index contributed by atoms with van der Waals surface area (Å²) in [7, 11) is 0. The molecule has 17 heavy (non-hydrogen) atoms. The molecule has 0 saturated heterocycles. The van der Waals surface area contributed by atoms with E-state index in [1.54, 1.807) is 13.0 Å². The molecule has 0 bridgehead atoms. The number of benzene rings is 1. The van der Waals surface area contributed by atoms with E-state index in [1.165, 1.54) is 12.1 Å². The lowest BCUT2D eigenvalue weighted by Gasteiger charge is -1.95. The normalized spacial score (nSPS) is 8.76. The molecule has 0 saturated carbocycles. The molecule has 0 aliphatic heterocycles. The summed E-state index contributed by atoms with van der Waals surface area (Å²) in [5.41, 5.74) is 9.47. The molecule has 1 aromatic rings. The zero-order valence-electron chi connectivity index (χ0n) is 9.25. The van der Waals surface area contributed by atoms with Crippen LogP contribution >= 0.6 is 0 Å². The van der Waals surface area contributed by atoms with E-state index in [4.69, 9.17) is 5.53 Å². The van der Waals surface area contributed by atoms with Gasteiger partial charge >= 0.3 is 0 Å². The Hall–Kier alpha value is -2.51. The van der Waals surface area contributed by atoms with Crippen molar-refractivity contribution in [1.29, 1.82) is 0 Å². The highest BCUT2D eigenvalue weighted by molar-refractivity contribution is 5.46. The number of nitrogens with zero attached hydrogens (tertiary/aromatic N) is 4. The van der Waals surface area contributed by atoms with Crippen LogP contribution < -0.4 is 0 Å². The molecule has 6 heteroatoms. The van der Waals surface area contributed by atoms with Crippen molar-refractivity contribution in [2.45, 2.75) is 13.3 Å². The standard InChI is InChI=1S/C11H10N4O2/c1-9-6-10(4-2-3-5-13-14-12)8-11(7-9)15(16)17/h6-8H,3,5H2,1H3. The fourth-order valence-corrected chi connectivity index (χ4v) is 1.26. The molecule has 0 spiro atoms. The van der Waals surface area contributed by atoms with Crippen LogP contribution in [0.2, 0.25) is 0 Å². The number of rotatable bonds is 3. The van der Waals surface area contributed by atoms with Crippen LogP contribution in [-0.2, 0) is 0 Å². The van der Waals surface area contributed by atoms with Crippen molar-refractivity contribution in [2.24, 2.45) is 5.11 Å². The molecule has 0 radical (unpaired) electrons. The van der Waals surface area contributed by atoms with Crippen molar-refractivity contribution in [1.82, 2.24) is 0 Å². The van der Waals surface area contributed by atoms with Crippen molar-refractivity contribution in [3.8, 4) is 11.8 Å². The van der Waals surface area contributed by atoms with E-state index in [-0.39, 0.29) is 5.69 Å². The molecule has 0 atom stereocenters. The second kappa shape index (κ2) is 6.16. The minimum atomic E-state index is -0.446. The van der Waals surface area contributed by atoms with Gasteiger partial charge in [0.15, 0.2) is 0 Å². The van der Waals surface area contributed by atoms with Crippen molar-refractivity contribution in [3.05, 3.63) is 49.9 Å². The molecule has 0 unspecified atom stereocenters. The topological polar surface area (TPSA) is 91.9 Å². The predicted molar refractivity (Wildman–Crippen MR) is 63.3 cm³/mol. The first kappa shape index (κ1) is 12.6. The minimum absolute atomic E-state index is 0.0318. The van der Waals surface area contributed by atoms with Crippen LogP contribution in [0, 0.1) is 28.9 Å². The summed E-state index contributed by atoms with van der Waals surface area (Å²) in [6, 6.07) is 4.69. The highest BCUT2D eigenvalue weighted by atomic mass is 16.6. The van der Waals surface area contributed by atoms with Crippen molar-refractivity contribution < 1.29 is 4.92 Å². The molecule has 0 aliphatic rings. The molecular formula is C11H10N4O2. The van der Waals surface area contributed by atoms with Crippen LogP contribution in [0.25, 0.3) is 10.4 Å². The maximum Gasteiger partial charge on any atom is 0.270 e. The smallest absolute Gasteiger partial charge is 0.258 e. The zero-order chi connectivity index (χ0) is 12.7. The van der Waals surface area contributed by atoms with Crippen molar-refractivity contribution >= 4 is 5.69 Å². The van der Waals surface area contributed by atoms with E-state index in [2.05, 4.69) is 21.9 Å². The first-order valence-corrected chi connectivity index (χ1v) is 4.89. The molecule has 86 valence electrons. The molecule has 0 aliphatic carbocycles. The maximum absolute atomic E-state index is 10.6. The minimum Gasteiger partial charge on any atom is -0.258 e. The zero-order valence-corrected chi connectivity index (χ0v) is 9.25. The molecule has 1 rings (SSSR count). The number of non-ortho nitro benzene ring substituents is 1. The predicted octanol–water partition coefficient (Wildman–Crippen LogP) is 2.96. The van der Waals surface area contributed by atoms with Crippen molar-refractivity contribution in [3.63, 3.8) is 0 Å². The molecule has 0 fully saturated rings. The Bertz CT molecular complexity index is 536. The van der Waals surface area contributed by atoms with E-state index >= 15 is 0 Å². The van der Waals surface area contributed by atoms with Gasteiger partial charge in [0.25, 0.3) is 5.69 Å². The molecule has 0 amide bonds. The Kier molecular flexibility index (Phi) is 4.55. The number of aryl methyl sites for hydroxylation is 1. The van der Waals surface area contributed by atoms with Gasteiger partial charge in [-0.1, -0.05) is 17.0 Å².